The fourth-order valence-corrected chi connectivity index (χ4v) is 2.52. The molecule has 0 bridgehead atoms. The Labute approximate surface area is 128 Å². The average molecular weight is 324 g/mol. The fourth-order valence-electron chi connectivity index (χ4n) is 2.52. The fraction of sp³-hybridized carbons (Fsp3) is 0.333. The molecule has 1 aromatic carbocycles. The molecule has 4 rings (SSSR count). The molecule has 0 atom stereocenters. The summed E-state index contributed by atoms with van der Waals surface area (Å²) in [5.41, 5.74) is -0.540. The summed E-state index contributed by atoms with van der Waals surface area (Å²) in [5.74, 6) is 0.240. The highest BCUT2D eigenvalue weighted by Crippen LogP contribution is 2.42. The molecule has 5 nitrogen and oxygen atoms in total. The maximum Gasteiger partial charge on any atom is 0.435 e. The molecule has 2 aliphatic rings. The van der Waals surface area contributed by atoms with Gasteiger partial charge in [0.25, 0.3) is 5.91 Å². The number of benzene rings is 1. The molecule has 1 fully saturated rings. The zero-order valence-corrected chi connectivity index (χ0v) is 11.8. The average Bonchev–Trinajstić information content (AvgIpc) is 3.08. The van der Waals surface area contributed by atoms with Crippen molar-refractivity contribution in [1.29, 1.82) is 0 Å². The summed E-state index contributed by atoms with van der Waals surface area (Å²) in [6.45, 7) is 0.0558. The lowest BCUT2D eigenvalue weighted by atomic mass is 10.2. The minimum absolute atomic E-state index is 0.0449. The van der Waals surface area contributed by atoms with Gasteiger partial charge in [0.05, 0.1) is 5.69 Å². The lowest BCUT2D eigenvalue weighted by Crippen LogP contribution is -2.17. The van der Waals surface area contributed by atoms with Crippen LogP contribution in [0.5, 0.6) is 11.5 Å². The molecule has 23 heavy (non-hydrogen) atoms. The van der Waals surface area contributed by atoms with Crippen molar-refractivity contribution in [2.24, 2.45) is 0 Å². The number of halogens is 3. The Hall–Kier alpha value is -2.51. The Morgan fingerprint density at radius 2 is 1.91 bits per heavy atom. The van der Waals surface area contributed by atoms with Crippen molar-refractivity contribution in [2.75, 3.05) is 6.79 Å². The van der Waals surface area contributed by atoms with E-state index in [1.807, 2.05) is 0 Å². The van der Waals surface area contributed by atoms with Crippen LogP contribution in [-0.4, -0.2) is 22.5 Å². The first-order valence-corrected chi connectivity index (χ1v) is 7.05. The smallest absolute Gasteiger partial charge is 0.435 e. The quantitative estimate of drug-likeness (QED) is 0.851. The largest absolute Gasteiger partial charge is 0.454 e. The number of hydrogen-bond acceptors (Lipinski definition) is 4. The molecular formula is C15H11F3N2O3. The maximum absolute atomic E-state index is 12.9. The Morgan fingerprint density at radius 3 is 2.61 bits per heavy atom. The molecule has 8 heteroatoms. The van der Waals surface area contributed by atoms with Crippen LogP contribution in [0.1, 0.15) is 40.5 Å². The molecule has 120 valence electrons. The summed E-state index contributed by atoms with van der Waals surface area (Å²) in [6.07, 6.45) is -3.06. The van der Waals surface area contributed by atoms with Gasteiger partial charge >= 0.3 is 6.18 Å². The van der Waals surface area contributed by atoms with Crippen molar-refractivity contribution in [2.45, 2.75) is 24.9 Å². The molecular weight excluding hydrogens is 313 g/mol. The lowest BCUT2D eigenvalue weighted by molar-refractivity contribution is -0.141. The Morgan fingerprint density at radius 1 is 1.17 bits per heavy atom. The molecule has 2 heterocycles. The van der Waals surface area contributed by atoms with E-state index in [4.69, 9.17) is 9.47 Å². The molecule has 0 spiro atoms. The minimum Gasteiger partial charge on any atom is -0.454 e. The van der Waals surface area contributed by atoms with Gasteiger partial charge in [0.1, 0.15) is 0 Å². The van der Waals surface area contributed by atoms with E-state index < -0.39 is 17.8 Å². The van der Waals surface area contributed by atoms with E-state index in [-0.39, 0.29) is 18.3 Å². The number of carbonyl (C=O) groups excluding carboxylic acids is 1. The van der Waals surface area contributed by atoms with E-state index in [1.54, 1.807) is 6.07 Å². The molecule has 0 radical (unpaired) electrons. The topological polar surface area (TPSA) is 53.4 Å². The molecule has 0 N–H and O–H groups in total. The Balaban J connectivity index is 1.74. The molecule has 1 aromatic heterocycles. The Kier molecular flexibility index (Phi) is 2.91. The van der Waals surface area contributed by atoms with Crippen molar-refractivity contribution < 1.29 is 27.4 Å². The molecule has 0 unspecified atom stereocenters. The van der Waals surface area contributed by atoms with Crippen molar-refractivity contribution in [1.82, 2.24) is 9.78 Å². The second-order valence-corrected chi connectivity index (χ2v) is 5.51. The van der Waals surface area contributed by atoms with Gasteiger partial charge < -0.3 is 9.47 Å². The number of carbonyl (C=O) groups is 1. The molecule has 2 aromatic rings. The Bertz CT molecular complexity index is 794. The monoisotopic (exact) mass is 324 g/mol. The molecule has 1 saturated carbocycles. The summed E-state index contributed by atoms with van der Waals surface area (Å²) in [6, 6.07) is 5.46. The van der Waals surface area contributed by atoms with Gasteiger partial charge in [-0.2, -0.15) is 23.0 Å². The summed E-state index contributed by atoms with van der Waals surface area (Å²) >= 11 is 0. The van der Waals surface area contributed by atoms with Crippen molar-refractivity contribution in [3.8, 4) is 11.5 Å². The third-order valence-corrected chi connectivity index (χ3v) is 3.83. The summed E-state index contributed by atoms with van der Waals surface area (Å²) in [5, 5.41) is 3.48. The SMILES string of the molecule is O=C(c1ccc2c(c1)OCO2)n1nc(C(F)(F)F)cc1C1CC1. The van der Waals surface area contributed by atoms with Gasteiger partial charge in [-0.25, -0.2) is 0 Å². The van der Waals surface area contributed by atoms with Gasteiger partial charge in [-0.05, 0) is 37.1 Å². The van der Waals surface area contributed by atoms with Gasteiger partial charge in [-0.3, -0.25) is 4.79 Å². The van der Waals surface area contributed by atoms with Crippen LogP contribution >= 0.6 is 0 Å². The number of hydrogen-bond donors (Lipinski definition) is 0. The molecule has 0 saturated heterocycles. The van der Waals surface area contributed by atoms with E-state index >= 15 is 0 Å². The third kappa shape index (κ3) is 2.43. The normalized spacial score (nSPS) is 16.7. The molecule has 0 amide bonds. The van der Waals surface area contributed by atoms with Gasteiger partial charge in [0.2, 0.25) is 6.79 Å². The van der Waals surface area contributed by atoms with Crippen LogP contribution in [0.4, 0.5) is 13.2 Å². The summed E-state index contributed by atoms with van der Waals surface area (Å²) in [4.78, 5) is 12.6. The van der Waals surface area contributed by atoms with E-state index in [0.29, 0.717) is 17.2 Å². The number of alkyl halides is 3. The third-order valence-electron chi connectivity index (χ3n) is 3.83. The van der Waals surface area contributed by atoms with Gasteiger partial charge in [-0.15, -0.1) is 0 Å². The predicted octanol–water partition coefficient (Wildman–Crippen LogP) is 3.20. The van der Waals surface area contributed by atoms with E-state index in [1.165, 1.54) is 12.1 Å². The van der Waals surface area contributed by atoms with E-state index in [9.17, 15) is 18.0 Å². The van der Waals surface area contributed by atoms with Crippen LogP contribution in [-0.2, 0) is 6.18 Å². The highest BCUT2D eigenvalue weighted by Gasteiger charge is 2.39. The highest BCUT2D eigenvalue weighted by atomic mass is 19.4. The van der Waals surface area contributed by atoms with Crippen LogP contribution in [0.2, 0.25) is 0 Å². The molecule has 1 aliphatic carbocycles. The number of fused-ring (bicyclic) bond motifs is 1. The molecule has 1 aliphatic heterocycles. The van der Waals surface area contributed by atoms with Crippen LogP contribution in [0.15, 0.2) is 24.3 Å². The first-order chi connectivity index (χ1) is 10.9. The zero-order chi connectivity index (χ0) is 16.2. The van der Waals surface area contributed by atoms with E-state index in [0.717, 1.165) is 23.6 Å². The predicted molar refractivity (Wildman–Crippen MR) is 71.5 cm³/mol. The second-order valence-electron chi connectivity index (χ2n) is 5.51. The number of rotatable bonds is 2. The summed E-state index contributed by atoms with van der Waals surface area (Å²) < 4.78 is 49.9. The van der Waals surface area contributed by atoms with Crippen LogP contribution < -0.4 is 9.47 Å². The first-order valence-electron chi connectivity index (χ1n) is 7.05. The number of nitrogens with zero attached hydrogens (tertiary/aromatic N) is 2. The van der Waals surface area contributed by atoms with Crippen LogP contribution in [0.3, 0.4) is 0 Å². The summed E-state index contributed by atoms with van der Waals surface area (Å²) in [7, 11) is 0. The maximum atomic E-state index is 12.9. The van der Waals surface area contributed by atoms with Crippen LogP contribution in [0, 0.1) is 0 Å². The van der Waals surface area contributed by atoms with Gasteiger partial charge in [0, 0.05) is 11.5 Å². The minimum atomic E-state index is -4.58. The second kappa shape index (κ2) is 4.74. The lowest BCUT2D eigenvalue weighted by Gasteiger charge is -2.06. The van der Waals surface area contributed by atoms with Crippen LogP contribution in [0.25, 0.3) is 0 Å². The van der Waals surface area contributed by atoms with E-state index in [2.05, 4.69) is 5.10 Å². The standard InChI is InChI=1S/C15H11F3N2O3/c16-15(17,18)13-6-10(8-1-2-8)20(19-13)14(21)9-3-4-11-12(5-9)23-7-22-11/h3-6,8H,1-2,7H2. The van der Waals surface area contributed by atoms with Crippen molar-refractivity contribution in [3.63, 3.8) is 0 Å². The first kappa shape index (κ1) is 14.1. The van der Waals surface area contributed by atoms with Gasteiger partial charge in [-0.1, -0.05) is 0 Å². The number of ether oxygens (including phenoxy) is 2. The van der Waals surface area contributed by atoms with Crippen molar-refractivity contribution >= 4 is 5.91 Å². The highest BCUT2D eigenvalue weighted by molar-refractivity contribution is 5.96. The number of aromatic nitrogens is 2. The zero-order valence-electron chi connectivity index (χ0n) is 11.8. The van der Waals surface area contributed by atoms with Crippen molar-refractivity contribution in [3.05, 3.63) is 41.2 Å². The van der Waals surface area contributed by atoms with Gasteiger partial charge in [0.15, 0.2) is 17.2 Å².